The first-order chi connectivity index (χ1) is 16.5. The van der Waals surface area contributed by atoms with Gasteiger partial charge in [-0.05, 0) is 38.0 Å². The van der Waals surface area contributed by atoms with Gasteiger partial charge in [0, 0.05) is 42.7 Å². The first-order valence-corrected chi connectivity index (χ1v) is 12.3. The fourth-order valence-corrected chi connectivity index (χ4v) is 4.96. The van der Waals surface area contributed by atoms with Crippen molar-refractivity contribution in [3.63, 3.8) is 0 Å². The Hall–Kier alpha value is -3.25. The third-order valence-corrected chi connectivity index (χ3v) is 6.69. The molecular formula is C28H32N4O2. The normalized spacial score (nSPS) is 20.2. The Morgan fingerprint density at radius 1 is 1.00 bits per heavy atom. The molecule has 3 heterocycles. The number of carbonyl (C=O) groups is 1. The maximum absolute atomic E-state index is 13.3. The average Bonchev–Trinajstić information content (AvgIpc) is 2.87. The number of anilines is 1. The fourth-order valence-electron chi connectivity index (χ4n) is 4.96. The Morgan fingerprint density at radius 2 is 1.71 bits per heavy atom. The molecule has 176 valence electrons. The number of hydrogen-bond donors (Lipinski definition) is 0. The zero-order valence-electron chi connectivity index (χ0n) is 20.2. The van der Waals surface area contributed by atoms with Gasteiger partial charge < -0.3 is 14.5 Å². The monoisotopic (exact) mass is 456 g/mol. The third kappa shape index (κ3) is 4.55. The number of nitrogens with zero attached hydrogens (tertiary/aromatic N) is 4. The predicted molar refractivity (Wildman–Crippen MR) is 134 cm³/mol. The van der Waals surface area contributed by atoms with E-state index in [0.29, 0.717) is 13.1 Å². The molecule has 0 spiro atoms. The molecule has 6 nitrogen and oxygen atoms in total. The molecule has 3 aromatic rings. The van der Waals surface area contributed by atoms with Gasteiger partial charge >= 0.3 is 0 Å². The number of aryl methyl sites for hydroxylation is 1. The number of carbonyl (C=O) groups excluding carboxylic acids is 1. The van der Waals surface area contributed by atoms with E-state index in [-0.39, 0.29) is 18.1 Å². The Labute approximate surface area is 201 Å². The van der Waals surface area contributed by atoms with Crippen molar-refractivity contribution in [1.29, 1.82) is 0 Å². The topological polar surface area (TPSA) is 58.6 Å². The highest BCUT2D eigenvalue weighted by molar-refractivity contribution is 5.94. The summed E-state index contributed by atoms with van der Waals surface area (Å²) in [7, 11) is 0. The third-order valence-electron chi connectivity index (χ3n) is 6.69. The molecule has 2 aromatic carbocycles. The van der Waals surface area contributed by atoms with Gasteiger partial charge in [0.2, 0.25) is 0 Å². The van der Waals surface area contributed by atoms with E-state index in [1.807, 2.05) is 47.4 Å². The molecule has 2 aliphatic heterocycles. The Morgan fingerprint density at radius 3 is 2.38 bits per heavy atom. The lowest BCUT2D eigenvalue weighted by atomic mass is 10.0. The second-order valence-corrected chi connectivity index (χ2v) is 9.35. The molecule has 0 N–H and O–H groups in total. The van der Waals surface area contributed by atoms with Gasteiger partial charge in [0.1, 0.15) is 5.82 Å². The van der Waals surface area contributed by atoms with Gasteiger partial charge in [-0.1, -0.05) is 49.4 Å². The lowest BCUT2D eigenvalue weighted by Crippen LogP contribution is -2.47. The largest absolute Gasteiger partial charge is 0.372 e. The highest BCUT2D eigenvalue weighted by Gasteiger charge is 2.31. The summed E-state index contributed by atoms with van der Waals surface area (Å²) in [4.78, 5) is 27.6. The van der Waals surface area contributed by atoms with E-state index < -0.39 is 0 Å². The first kappa shape index (κ1) is 22.5. The number of ether oxygens (including phenoxy) is 1. The summed E-state index contributed by atoms with van der Waals surface area (Å²) in [5.74, 6) is 1.75. The van der Waals surface area contributed by atoms with Crippen molar-refractivity contribution in [2.24, 2.45) is 0 Å². The highest BCUT2D eigenvalue weighted by Crippen LogP contribution is 2.32. The number of amides is 1. The molecule has 2 aliphatic rings. The van der Waals surface area contributed by atoms with Gasteiger partial charge in [0.25, 0.3) is 5.91 Å². The second-order valence-electron chi connectivity index (χ2n) is 9.35. The van der Waals surface area contributed by atoms with Gasteiger partial charge in [-0.3, -0.25) is 4.79 Å². The molecule has 2 unspecified atom stereocenters. The van der Waals surface area contributed by atoms with Crippen LogP contribution in [0.4, 0.5) is 5.82 Å². The Kier molecular flexibility index (Phi) is 6.33. The molecule has 0 saturated carbocycles. The summed E-state index contributed by atoms with van der Waals surface area (Å²) in [5.41, 5.74) is 5.08. The van der Waals surface area contributed by atoms with Gasteiger partial charge in [-0.25, -0.2) is 9.97 Å². The van der Waals surface area contributed by atoms with E-state index in [0.717, 1.165) is 60.0 Å². The summed E-state index contributed by atoms with van der Waals surface area (Å²) in [6.45, 7) is 9.05. The maximum atomic E-state index is 13.3. The van der Waals surface area contributed by atoms with Gasteiger partial charge in [0.05, 0.1) is 24.4 Å². The Bertz CT molecular complexity index is 1150. The standard InChI is InChI=1S/C28H32N4O2/c1-4-21-10-12-23(13-11-21)28(33)31-15-14-25-24(18-31)27(32-16-19(2)34-20(3)17-32)30-26(29-25)22-8-6-5-7-9-22/h5-13,19-20H,4,14-18H2,1-3H3. The van der Waals surface area contributed by atoms with Gasteiger partial charge in [0.15, 0.2) is 5.82 Å². The van der Waals surface area contributed by atoms with Crippen LogP contribution in [0.15, 0.2) is 54.6 Å². The molecule has 1 fully saturated rings. The number of morpholine rings is 1. The molecule has 6 heteroatoms. The van der Waals surface area contributed by atoms with Crippen molar-refractivity contribution in [3.8, 4) is 11.4 Å². The van der Waals surface area contributed by atoms with Crippen molar-refractivity contribution >= 4 is 11.7 Å². The van der Waals surface area contributed by atoms with Crippen LogP contribution in [0.1, 0.15) is 48.0 Å². The predicted octanol–water partition coefficient (Wildman–Crippen LogP) is 4.52. The number of hydrogen-bond acceptors (Lipinski definition) is 5. The van der Waals surface area contributed by atoms with Gasteiger partial charge in [-0.15, -0.1) is 0 Å². The van der Waals surface area contributed by atoms with Crippen molar-refractivity contribution in [3.05, 3.63) is 77.0 Å². The minimum absolute atomic E-state index is 0.0649. The van der Waals surface area contributed by atoms with E-state index in [4.69, 9.17) is 14.7 Å². The van der Waals surface area contributed by atoms with Crippen LogP contribution >= 0.6 is 0 Å². The van der Waals surface area contributed by atoms with Crippen LogP contribution < -0.4 is 4.90 Å². The SMILES string of the molecule is CCc1ccc(C(=O)N2CCc3nc(-c4ccccc4)nc(N4CC(C)OC(C)C4)c3C2)cc1. The Balaban J connectivity index is 1.51. The van der Waals surface area contributed by atoms with E-state index in [2.05, 4.69) is 37.8 Å². The van der Waals surface area contributed by atoms with Crippen molar-refractivity contribution in [1.82, 2.24) is 14.9 Å². The van der Waals surface area contributed by atoms with Crippen LogP contribution in [0.3, 0.4) is 0 Å². The second kappa shape index (κ2) is 9.55. The molecule has 0 aliphatic carbocycles. The van der Waals surface area contributed by atoms with Crippen molar-refractivity contribution in [2.45, 2.75) is 52.4 Å². The van der Waals surface area contributed by atoms with Crippen molar-refractivity contribution < 1.29 is 9.53 Å². The molecule has 5 rings (SSSR count). The van der Waals surface area contributed by atoms with E-state index in [9.17, 15) is 4.79 Å². The van der Waals surface area contributed by atoms with Crippen LogP contribution in [-0.2, 0) is 24.1 Å². The number of fused-ring (bicyclic) bond motifs is 1. The lowest BCUT2D eigenvalue weighted by molar-refractivity contribution is -0.00558. The number of rotatable bonds is 4. The lowest BCUT2D eigenvalue weighted by Gasteiger charge is -2.39. The summed E-state index contributed by atoms with van der Waals surface area (Å²) in [6, 6.07) is 18.1. The summed E-state index contributed by atoms with van der Waals surface area (Å²) in [6.07, 6.45) is 1.92. The highest BCUT2D eigenvalue weighted by atomic mass is 16.5. The quantitative estimate of drug-likeness (QED) is 0.578. The smallest absolute Gasteiger partial charge is 0.254 e. The van der Waals surface area contributed by atoms with E-state index in [1.165, 1.54) is 5.56 Å². The molecule has 2 atom stereocenters. The summed E-state index contributed by atoms with van der Waals surface area (Å²) >= 11 is 0. The minimum Gasteiger partial charge on any atom is -0.372 e. The van der Waals surface area contributed by atoms with Gasteiger partial charge in [-0.2, -0.15) is 0 Å². The zero-order valence-corrected chi connectivity index (χ0v) is 20.2. The number of aromatic nitrogens is 2. The average molecular weight is 457 g/mol. The molecule has 0 radical (unpaired) electrons. The molecule has 34 heavy (non-hydrogen) atoms. The van der Waals surface area contributed by atoms with Crippen LogP contribution in [0, 0.1) is 0 Å². The minimum atomic E-state index is 0.0649. The fraction of sp³-hybridized carbons (Fsp3) is 0.393. The molecule has 1 amide bonds. The first-order valence-electron chi connectivity index (χ1n) is 12.3. The van der Waals surface area contributed by atoms with E-state index >= 15 is 0 Å². The number of benzene rings is 2. The van der Waals surface area contributed by atoms with Crippen LogP contribution in [0.5, 0.6) is 0 Å². The summed E-state index contributed by atoms with van der Waals surface area (Å²) in [5, 5.41) is 0. The molecule has 1 saturated heterocycles. The van der Waals surface area contributed by atoms with Crippen LogP contribution in [0.25, 0.3) is 11.4 Å². The van der Waals surface area contributed by atoms with Crippen LogP contribution in [0.2, 0.25) is 0 Å². The molecule has 0 bridgehead atoms. The zero-order chi connectivity index (χ0) is 23.7. The molecule has 1 aromatic heterocycles. The van der Waals surface area contributed by atoms with Crippen molar-refractivity contribution in [2.75, 3.05) is 24.5 Å². The van der Waals surface area contributed by atoms with E-state index in [1.54, 1.807) is 0 Å². The van der Waals surface area contributed by atoms with Crippen LogP contribution in [-0.4, -0.2) is 52.6 Å². The summed E-state index contributed by atoms with van der Waals surface area (Å²) < 4.78 is 5.98. The molecular weight excluding hydrogens is 424 g/mol. The maximum Gasteiger partial charge on any atom is 0.254 e.